The molecule has 21 heavy (non-hydrogen) atoms. The van der Waals surface area contributed by atoms with E-state index in [9.17, 15) is 0 Å². The highest BCUT2D eigenvalue weighted by Crippen LogP contribution is 2.16. The first-order valence-corrected chi connectivity index (χ1v) is 7.06. The van der Waals surface area contributed by atoms with Gasteiger partial charge in [-0.05, 0) is 31.0 Å². The summed E-state index contributed by atoms with van der Waals surface area (Å²) in [5, 5.41) is 3.28. The van der Waals surface area contributed by atoms with Gasteiger partial charge in [-0.3, -0.25) is 0 Å². The Morgan fingerprint density at radius 2 is 1.90 bits per heavy atom. The van der Waals surface area contributed by atoms with Crippen molar-refractivity contribution in [3.8, 4) is 11.6 Å². The second-order valence-electron chi connectivity index (χ2n) is 4.69. The number of methoxy groups -OCH3 is 1. The van der Waals surface area contributed by atoms with Gasteiger partial charge in [0.05, 0.1) is 13.7 Å². The van der Waals surface area contributed by atoms with Crippen molar-refractivity contribution in [1.82, 2.24) is 9.97 Å². The number of rotatable bonds is 7. The maximum Gasteiger partial charge on any atom is 0.218 e. The second kappa shape index (κ2) is 7.47. The molecule has 0 radical (unpaired) electrons. The van der Waals surface area contributed by atoms with Crippen LogP contribution in [0, 0.1) is 6.92 Å². The van der Waals surface area contributed by atoms with Crippen LogP contribution in [0.3, 0.4) is 0 Å². The molecule has 2 aromatic rings. The van der Waals surface area contributed by atoms with Gasteiger partial charge in [0.1, 0.15) is 17.4 Å². The van der Waals surface area contributed by atoms with Gasteiger partial charge < -0.3 is 14.8 Å². The van der Waals surface area contributed by atoms with Crippen LogP contribution in [0.4, 0.5) is 5.82 Å². The number of anilines is 1. The van der Waals surface area contributed by atoms with Gasteiger partial charge in [-0.1, -0.05) is 19.1 Å². The normalized spacial score (nSPS) is 10.2. The van der Waals surface area contributed by atoms with Crippen LogP contribution in [-0.4, -0.2) is 23.7 Å². The minimum absolute atomic E-state index is 0.613. The van der Waals surface area contributed by atoms with E-state index in [1.807, 2.05) is 37.3 Å². The Morgan fingerprint density at radius 1 is 1.14 bits per heavy atom. The largest absolute Gasteiger partial charge is 0.497 e. The standard InChI is InChI=1S/C16H21N3O2/c1-4-9-21-16-10-15(18-12(2)19-16)17-11-13-5-7-14(20-3)8-6-13/h5-8,10H,4,9,11H2,1-3H3,(H,17,18,19). The van der Waals surface area contributed by atoms with Crippen LogP contribution in [0.2, 0.25) is 0 Å². The summed E-state index contributed by atoms with van der Waals surface area (Å²) in [6.07, 6.45) is 0.956. The van der Waals surface area contributed by atoms with Crippen molar-refractivity contribution in [1.29, 1.82) is 0 Å². The topological polar surface area (TPSA) is 56.3 Å². The fourth-order valence-corrected chi connectivity index (χ4v) is 1.85. The van der Waals surface area contributed by atoms with Gasteiger partial charge in [0.15, 0.2) is 0 Å². The van der Waals surface area contributed by atoms with Crippen LogP contribution in [0.1, 0.15) is 24.7 Å². The zero-order chi connectivity index (χ0) is 15.1. The molecule has 2 rings (SSSR count). The molecule has 0 unspecified atom stereocenters. The van der Waals surface area contributed by atoms with Crippen LogP contribution in [0.15, 0.2) is 30.3 Å². The average Bonchev–Trinajstić information content (AvgIpc) is 2.51. The molecule has 0 amide bonds. The highest BCUT2D eigenvalue weighted by Gasteiger charge is 2.03. The summed E-state index contributed by atoms with van der Waals surface area (Å²) in [7, 11) is 1.66. The summed E-state index contributed by atoms with van der Waals surface area (Å²) < 4.78 is 10.7. The van der Waals surface area contributed by atoms with E-state index in [-0.39, 0.29) is 0 Å². The summed E-state index contributed by atoms with van der Waals surface area (Å²) >= 11 is 0. The third-order valence-electron chi connectivity index (χ3n) is 2.90. The van der Waals surface area contributed by atoms with Gasteiger partial charge in [-0.2, -0.15) is 4.98 Å². The van der Waals surface area contributed by atoms with E-state index in [1.54, 1.807) is 7.11 Å². The molecule has 0 spiro atoms. The number of aryl methyl sites for hydroxylation is 1. The van der Waals surface area contributed by atoms with Crippen LogP contribution in [0.5, 0.6) is 11.6 Å². The van der Waals surface area contributed by atoms with Crippen LogP contribution < -0.4 is 14.8 Å². The average molecular weight is 287 g/mol. The van der Waals surface area contributed by atoms with Gasteiger partial charge in [-0.15, -0.1) is 0 Å². The summed E-state index contributed by atoms with van der Waals surface area (Å²) in [4.78, 5) is 8.62. The predicted octanol–water partition coefficient (Wildman–Crippen LogP) is 3.19. The first kappa shape index (κ1) is 15.1. The zero-order valence-corrected chi connectivity index (χ0v) is 12.7. The first-order valence-electron chi connectivity index (χ1n) is 7.06. The van der Waals surface area contributed by atoms with E-state index in [0.29, 0.717) is 24.9 Å². The Morgan fingerprint density at radius 3 is 2.57 bits per heavy atom. The van der Waals surface area contributed by atoms with Crippen molar-refractivity contribution in [2.24, 2.45) is 0 Å². The molecule has 0 saturated carbocycles. The van der Waals surface area contributed by atoms with Crippen LogP contribution in [-0.2, 0) is 6.54 Å². The minimum Gasteiger partial charge on any atom is -0.497 e. The van der Waals surface area contributed by atoms with Crippen LogP contribution in [0.25, 0.3) is 0 Å². The maximum absolute atomic E-state index is 5.55. The Labute approximate surface area is 125 Å². The van der Waals surface area contributed by atoms with Crippen LogP contribution >= 0.6 is 0 Å². The van der Waals surface area contributed by atoms with Crippen molar-refractivity contribution in [2.75, 3.05) is 19.0 Å². The number of ether oxygens (including phenoxy) is 2. The lowest BCUT2D eigenvalue weighted by Gasteiger charge is -2.09. The third kappa shape index (κ3) is 4.63. The molecule has 0 saturated heterocycles. The Bertz CT molecular complexity index is 570. The van der Waals surface area contributed by atoms with E-state index in [2.05, 4.69) is 22.2 Å². The molecule has 0 bridgehead atoms. The van der Waals surface area contributed by atoms with Gasteiger partial charge in [0.2, 0.25) is 5.88 Å². The van der Waals surface area contributed by atoms with Crippen molar-refractivity contribution in [2.45, 2.75) is 26.8 Å². The SMILES string of the molecule is CCCOc1cc(NCc2ccc(OC)cc2)nc(C)n1. The smallest absolute Gasteiger partial charge is 0.218 e. The van der Waals surface area contributed by atoms with E-state index in [4.69, 9.17) is 9.47 Å². The predicted molar refractivity (Wildman–Crippen MR) is 82.9 cm³/mol. The molecule has 0 aliphatic rings. The number of benzene rings is 1. The van der Waals surface area contributed by atoms with Gasteiger partial charge in [0, 0.05) is 12.6 Å². The van der Waals surface area contributed by atoms with E-state index < -0.39 is 0 Å². The fourth-order valence-electron chi connectivity index (χ4n) is 1.85. The molecule has 5 heteroatoms. The monoisotopic (exact) mass is 287 g/mol. The van der Waals surface area contributed by atoms with Gasteiger partial charge in [-0.25, -0.2) is 4.98 Å². The Kier molecular flexibility index (Phi) is 5.37. The molecule has 0 atom stereocenters. The molecule has 1 N–H and O–H groups in total. The molecule has 1 heterocycles. The van der Waals surface area contributed by atoms with E-state index in [1.165, 1.54) is 0 Å². The molecule has 112 valence electrons. The van der Waals surface area contributed by atoms with Crippen molar-refractivity contribution in [3.05, 3.63) is 41.7 Å². The highest BCUT2D eigenvalue weighted by atomic mass is 16.5. The zero-order valence-electron chi connectivity index (χ0n) is 12.7. The number of hydrogen-bond donors (Lipinski definition) is 1. The summed E-state index contributed by atoms with van der Waals surface area (Å²) in [6, 6.07) is 9.75. The Hall–Kier alpha value is -2.30. The Balaban J connectivity index is 1.99. The van der Waals surface area contributed by atoms with Crippen molar-refractivity contribution in [3.63, 3.8) is 0 Å². The van der Waals surface area contributed by atoms with E-state index >= 15 is 0 Å². The van der Waals surface area contributed by atoms with Crippen molar-refractivity contribution < 1.29 is 9.47 Å². The number of aromatic nitrogens is 2. The van der Waals surface area contributed by atoms with Gasteiger partial charge in [0.25, 0.3) is 0 Å². The lowest BCUT2D eigenvalue weighted by Crippen LogP contribution is -2.05. The number of nitrogens with zero attached hydrogens (tertiary/aromatic N) is 2. The maximum atomic E-state index is 5.55. The first-order chi connectivity index (χ1) is 10.2. The molecule has 1 aromatic heterocycles. The van der Waals surface area contributed by atoms with E-state index in [0.717, 1.165) is 23.6 Å². The lowest BCUT2D eigenvalue weighted by atomic mass is 10.2. The molecule has 0 aliphatic heterocycles. The lowest BCUT2D eigenvalue weighted by molar-refractivity contribution is 0.304. The molecule has 0 fully saturated rings. The summed E-state index contributed by atoms with van der Waals surface area (Å²) in [6.45, 7) is 5.27. The highest BCUT2D eigenvalue weighted by molar-refractivity contribution is 5.39. The van der Waals surface area contributed by atoms with Gasteiger partial charge >= 0.3 is 0 Å². The summed E-state index contributed by atoms with van der Waals surface area (Å²) in [5.74, 6) is 2.93. The quantitative estimate of drug-likeness (QED) is 0.847. The molecule has 0 aliphatic carbocycles. The van der Waals surface area contributed by atoms with Crippen molar-refractivity contribution >= 4 is 5.82 Å². The molecular weight excluding hydrogens is 266 g/mol. The third-order valence-corrected chi connectivity index (χ3v) is 2.90. The fraction of sp³-hybridized carbons (Fsp3) is 0.375. The minimum atomic E-state index is 0.613. The summed E-state index contributed by atoms with van der Waals surface area (Å²) in [5.41, 5.74) is 1.16. The number of nitrogens with one attached hydrogen (secondary N) is 1. The molecular formula is C16H21N3O2. The second-order valence-corrected chi connectivity index (χ2v) is 4.69. The number of hydrogen-bond acceptors (Lipinski definition) is 5. The molecule has 1 aromatic carbocycles. The molecule has 5 nitrogen and oxygen atoms in total.